The topological polar surface area (TPSA) is 33.2 Å². The van der Waals surface area contributed by atoms with E-state index in [0.29, 0.717) is 13.0 Å². The molecule has 0 spiro atoms. The Labute approximate surface area is 140 Å². The van der Waals surface area contributed by atoms with Gasteiger partial charge in [0.05, 0.1) is 15.2 Å². The summed E-state index contributed by atoms with van der Waals surface area (Å²) in [5, 5.41) is 1.11. The molecule has 0 saturated heterocycles. The lowest BCUT2D eigenvalue weighted by molar-refractivity contribution is -0.118. The van der Waals surface area contributed by atoms with Crippen LogP contribution >= 0.6 is 11.3 Å². The molecule has 118 valence electrons. The monoisotopic (exact) mass is 324 g/mol. The number of anilines is 1. The lowest BCUT2D eigenvalue weighted by Gasteiger charge is -2.20. The van der Waals surface area contributed by atoms with E-state index >= 15 is 0 Å². The Morgan fingerprint density at radius 3 is 2.57 bits per heavy atom. The number of fused-ring (bicyclic) bond motifs is 1. The van der Waals surface area contributed by atoms with Gasteiger partial charge in [-0.05, 0) is 44.0 Å². The van der Waals surface area contributed by atoms with Crippen molar-refractivity contribution in [3.8, 4) is 0 Å². The van der Waals surface area contributed by atoms with Gasteiger partial charge in [0.15, 0.2) is 0 Å². The van der Waals surface area contributed by atoms with E-state index in [2.05, 4.69) is 11.1 Å². The SMILES string of the molecule is CCN(C(=O)CCCc1nc2ccccc2s1)c1ccccc1. The molecule has 3 rings (SSSR count). The second kappa shape index (κ2) is 7.38. The summed E-state index contributed by atoms with van der Waals surface area (Å²) in [7, 11) is 0. The molecule has 1 heterocycles. The molecule has 0 saturated carbocycles. The lowest BCUT2D eigenvalue weighted by Crippen LogP contribution is -2.30. The average molecular weight is 324 g/mol. The summed E-state index contributed by atoms with van der Waals surface area (Å²) in [6.45, 7) is 2.71. The van der Waals surface area contributed by atoms with E-state index in [-0.39, 0.29) is 5.91 Å². The van der Waals surface area contributed by atoms with Crippen LogP contribution in [0.4, 0.5) is 5.69 Å². The number of aromatic nitrogens is 1. The summed E-state index contributed by atoms with van der Waals surface area (Å²) in [4.78, 5) is 18.9. The normalized spacial score (nSPS) is 10.8. The summed E-state index contributed by atoms with van der Waals surface area (Å²) in [6, 6.07) is 18.0. The third-order valence-electron chi connectivity index (χ3n) is 3.80. The molecule has 0 N–H and O–H groups in total. The van der Waals surface area contributed by atoms with Gasteiger partial charge >= 0.3 is 0 Å². The van der Waals surface area contributed by atoms with Gasteiger partial charge < -0.3 is 4.90 Å². The second-order valence-electron chi connectivity index (χ2n) is 5.40. The van der Waals surface area contributed by atoms with Crippen molar-refractivity contribution < 1.29 is 4.79 Å². The minimum absolute atomic E-state index is 0.180. The fourth-order valence-corrected chi connectivity index (χ4v) is 3.67. The first kappa shape index (κ1) is 15.7. The maximum atomic E-state index is 12.4. The van der Waals surface area contributed by atoms with Crippen LogP contribution in [0.5, 0.6) is 0 Å². The zero-order valence-electron chi connectivity index (χ0n) is 13.2. The summed E-state index contributed by atoms with van der Waals surface area (Å²) in [5.41, 5.74) is 2.03. The molecule has 3 nitrogen and oxygen atoms in total. The van der Waals surface area contributed by atoms with Crippen molar-refractivity contribution in [2.75, 3.05) is 11.4 Å². The summed E-state index contributed by atoms with van der Waals surface area (Å²) in [6.07, 6.45) is 2.25. The smallest absolute Gasteiger partial charge is 0.226 e. The molecule has 0 bridgehead atoms. The highest BCUT2D eigenvalue weighted by Crippen LogP contribution is 2.23. The first-order chi connectivity index (χ1) is 11.3. The van der Waals surface area contributed by atoms with Crippen LogP contribution in [0.1, 0.15) is 24.8 Å². The number of carbonyl (C=O) groups excluding carboxylic acids is 1. The number of thiazole rings is 1. The molecular weight excluding hydrogens is 304 g/mol. The van der Waals surface area contributed by atoms with Crippen LogP contribution in [0.25, 0.3) is 10.2 Å². The quantitative estimate of drug-likeness (QED) is 0.660. The van der Waals surface area contributed by atoms with E-state index in [4.69, 9.17) is 0 Å². The molecule has 0 fully saturated rings. The van der Waals surface area contributed by atoms with Gasteiger partial charge in [-0.15, -0.1) is 11.3 Å². The zero-order valence-corrected chi connectivity index (χ0v) is 14.1. The highest BCUT2D eigenvalue weighted by molar-refractivity contribution is 7.18. The molecule has 0 aliphatic rings. The summed E-state index contributed by atoms with van der Waals surface area (Å²) < 4.78 is 1.22. The molecule has 23 heavy (non-hydrogen) atoms. The Hall–Kier alpha value is -2.20. The van der Waals surface area contributed by atoms with Crippen molar-refractivity contribution in [1.82, 2.24) is 4.98 Å². The minimum Gasteiger partial charge on any atom is -0.313 e. The number of para-hydroxylation sites is 2. The molecule has 1 amide bonds. The van der Waals surface area contributed by atoms with Crippen molar-refractivity contribution in [3.63, 3.8) is 0 Å². The molecule has 4 heteroatoms. The Kier molecular flexibility index (Phi) is 5.03. The highest BCUT2D eigenvalue weighted by atomic mass is 32.1. The van der Waals surface area contributed by atoms with Gasteiger partial charge in [0, 0.05) is 18.7 Å². The van der Waals surface area contributed by atoms with E-state index in [9.17, 15) is 4.79 Å². The van der Waals surface area contributed by atoms with Crippen LogP contribution in [-0.4, -0.2) is 17.4 Å². The van der Waals surface area contributed by atoms with Gasteiger partial charge in [-0.3, -0.25) is 4.79 Å². The van der Waals surface area contributed by atoms with Crippen LogP contribution in [0.2, 0.25) is 0 Å². The number of aryl methyl sites for hydroxylation is 1. The van der Waals surface area contributed by atoms with Gasteiger partial charge in [0.1, 0.15) is 0 Å². The number of amides is 1. The van der Waals surface area contributed by atoms with Gasteiger partial charge in [-0.25, -0.2) is 4.98 Å². The Balaban J connectivity index is 1.58. The lowest BCUT2D eigenvalue weighted by atomic mass is 10.2. The Bertz CT molecular complexity index is 749. The maximum Gasteiger partial charge on any atom is 0.226 e. The number of benzene rings is 2. The Morgan fingerprint density at radius 2 is 1.83 bits per heavy atom. The van der Waals surface area contributed by atoms with Crippen molar-refractivity contribution >= 4 is 33.1 Å². The predicted octanol–water partition coefficient (Wildman–Crippen LogP) is 4.67. The van der Waals surface area contributed by atoms with Crippen LogP contribution < -0.4 is 4.90 Å². The number of hydrogen-bond donors (Lipinski definition) is 0. The van der Waals surface area contributed by atoms with Gasteiger partial charge in [0.25, 0.3) is 0 Å². The van der Waals surface area contributed by atoms with Gasteiger partial charge in [-0.2, -0.15) is 0 Å². The largest absolute Gasteiger partial charge is 0.313 e. The highest BCUT2D eigenvalue weighted by Gasteiger charge is 2.13. The van der Waals surface area contributed by atoms with E-state index in [1.54, 1.807) is 11.3 Å². The molecule has 3 aromatic rings. The van der Waals surface area contributed by atoms with E-state index in [1.807, 2.05) is 60.4 Å². The second-order valence-corrected chi connectivity index (χ2v) is 6.52. The standard InChI is InChI=1S/C19H20N2OS/c1-2-21(15-9-4-3-5-10-15)19(22)14-8-13-18-20-16-11-6-7-12-17(16)23-18/h3-7,9-12H,2,8,13-14H2,1H3. The van der Waals surface area contributed by atoms with Crippen LogP contribution in [-0.2, 0) is 11.2 Å². The number of hydrogen-bond acceptors (Lipinski definition) is 3. The van der Waals surface area contributed by atoms with E-state index in [1.165, 1.54) is 4.70 Å². The van der Waals surface area contributed by atoms with Crippen molar-refractivity contribution in [1.29, 1.82) is 0 Å². The van der Waals surface area contributed by atoms with Crippen molar-refractivity contribution in [3.05, 3.63) is 59.6 Å². The zero-order chi connectivity index (χ0) is 16.1. The van der Waals surface area contributed by atoms with Gasteiger partial charge in [0.2, 0.25) is 5.91 Å². The summed E-state index contributed by atoms with van der Waals surface area (Å²) >= 11 is 1.72. The van der Waals surface area contributed by atoms with Crippen molar-refractivity contribution in [2.24, 2.45) is 0 Å². The van der Waals surface area contributed by atoms with E-state index in [0.717, 1.165) is 29.1 Å². The van der Waals surface area contributed by atoms with Crippen LogP contribution in [0.3, 0.4) is 0 Å². The minimum atomic E-state index is 0.180. The number of nitrogens with zero attached hydrogens (tertiary/aromatic N) is 2. The van der Waals surface area contributed by atoms with Crippen molar-refractivity contribution in [2.45, 2.75) is 26.2 Å². The molecule has 0 aliphatic heterocycles. The predicted molar refractivity (Wildman–Crippen MR) is 97.0 cm³/mol. The first-order valence-electron chi connectivity index (χ1n) is 7.98. The third kappa shape index (κ3) is 3.77. The third-order valence-corrected chi connectivity index (χ3v) is 4.90. The molecule has 2 aromatic carbocycles. The molecule has 0 aliphatic carbocycles. The fraction of sp³-hybridized carbons (Fsp3) is 0.263. The molecule has 0 unspecified atom stereocenters. The molecule has 0 radical (unpaired) electrons. The van der Waals surface area contributed by atoms with E-state index < -0.39 is 0 Å². The molecule has 0 atom stereocenters. The summed E-state index contributed by atoms with van der Waals surface area (Å²) in [5.74, 6) is 0.180. The molecular formula is C19H20N2OS. The van der Waals surface area contributed by atoms with Gasteiger partial charge in [-0.1, -0.05) is 30.3 Å². The Morgan fingerprint density at radius 1 is 1.09 bits per heavy atom. The van der Waals surface area contributed by atoms with Crippen LogP contribution in [0, 0.1) is 0 Å². The number of rotatable bonds is 6. The fourth-order valence-electron chi connectivity index (χ4n) is 2.66. The first-order valence-corrected chi connectivity index (χ1v) is 8.79. The van der Waals surface area contributed by atoms with Crippen LogP contribution in [0.15, 0.2) is 54.6 Å². The molecule has 1 aromatic heterocycles. The number of carbonyl (C=O) groups is 1. The average Bonchev–Trinajstić information content (AvgIpc) is 2.99. The maximum absolute atomic E-state index is 12.4.